The molecule has 0 aromatic rings. The molecule has 0 heterocycles. The first-order chi connectivity index (χ1) is 18.1. The molecule has 5 heteroatoms. The fraction of sp³-hybridized carbons (Fsp3) is 0.719. The molecule has 0 aromatic heterocycles. The summed E-state index contributed by atoms with van der Waals surface area (Å²) in [4.78, 5) is 12.3. The fourth-order valence-corrected chi connectivity index (χ4v) is 3.92. The second kappa shape index (κ2) is 27.3. The van der Waals surface area contributed by atoms with E-state index >= 15 is 0 Å². The number of unbranched alkanes of at least 4 members (excludes halogenated alkanes) is 11. The summed E-state index contributed by atoms with van der Waals surface area (Å²) >= 11 is 0. The van der Waals surface area contributed by atoms with Crippen LogP contribution in [0.4, 0.5) is 0 Å². The normalized spacial score (nSPS) is 14.8. The van der Waals surface area contributed by atoms with Crippen molar-refractivity contribution < 1.29 is 20.1 Å². The first-order valence-corrected chi connectivity index (χ1v) is 15.0. The maximum absolute atomic E-state index is 12.3. The van der Waals surface area contributed by atoms with E-state index in [-0.39, 0.29) is 0 Å². The van der Waals surface area contributed by atoms with E-state index < -0.39 is 30.8 Å². The summed E-state index contributed by atoms with van der Waals surface area (Å²) in [5.41, 5.74) is 0. The van der Waals surface area contributed by atoms with Crippen molar-refractivity contribution in [3.63, 3.8) is 0 Å². The molecule has 0 radical (unpaired) electrons. The lowest BCUT2D eigenvalue weighted by Gasteiger charge is -2.21. The Morgan fingerprint density at radius 1 is 0.649 bits per heavy atom. The Bertz CT molecular complexity index is 626. The number of allylic oxidation sites excluding steroid dienone is 7. The third-order valence-corrected chi connectivity index (χ3v) is 6.35. The van der Waals surface area contributed by atoms with Crippen LogP contribution in [0.5, 0.6) is 0 Å². The van der Waals surface area contributed by atoms with E-state index in [0.717, 1.165) is 57.8 Å². The number of hydrogen-bond acceptors (Lipinski definition) is 4. The maximum atomic E-state index is 12.3. The van der Waals surface area contributed by atoms with Gasteiger partial charge in [0.1, 0.15) is 6.10 Å². The number of rotatable bonds is 25. The van der Waals surface area contributed by atoms with Crippen molar-refractivity contribution in [1.82, 2.24) is 5.32 Å². The molecule has 0 spiro atoms. The zero-order valence-electron chi connectivity index (χ0n) is 23.8. The number of carbonyl (C=O) groups is 1. The van der Waals surface area contributed by atoms with Gasteiger partial charge in [0.05, 0.1) is 18.8 Å². The quantitative estimate of drug-likeness (QED) is 0.0766. The Hall–Kier alpha value is -1.69. The Kier molecular flexibility index (Phi) is 26.1. The summed E-state index contributed by atoms with van der Waals surface area (Å²) in [6, 6.07) is -0.825. The number of amides is 1. The molecule has 0 aromatic carbocycles. The van der Waals surface area contributed by atoms with Gasteiger partial charge in [-0.3, -0.25) is 4.79 Å². The molecule has 37 heavy (non-hydrogen) atoms. The lowest BCUT2D eigenvalue weighted by atomic mass is 10.1. The van der Waals surface area contributed by atoms with Crippen LogP contribution in [0.25, 0.3) is 0 Å². The van der Waals surface area contributed by atoms with E-state index in [4.69, 9.17) is 0 Å². The highest BCUT2D eigenvalue weighted by Crippen LogP contribution is 2.09. The third kappa shape index (κ3) is 23.2. The highest BCUT2D eigenvalue weighted by molar-refractivity contribution is 5.80. The standard InChI is InChI=1S/C32H57NO4/c1-3-5-7-9-11-13-15-17-19-21-23-25-27-31(36)32(37)33-29(28-34)30(35)26-24-22-20-18-16-14-12-10-8-6-4-2/h8,10,16-19,24,26,29-31,34-36H,3-7,9,11-15,20-23,25,27-28H2,1-2H3,(H,33,37)/b10-8+,18-16+,19-17-,26-24+. The van der Waals surface area contributed by atoms with E-state index in [0.29, 0.717) is 6.42 Å². The van der Waals surface area contributed by atoms with Crippen molar-refractivity contribution in [3.8, 4) is 0 Å². The first kappa shape index (κ1) is 35.3. The van der Waals surface area contributed by atoms with Crippen LogP contribution >= 0.6 is 0 Å². The summed E-state index contributed by atoms with van der Waals surface area (Å²) in [5.74, 6) is -0.541. The van der Waals surface area contributed by atoms with Crippen LogP contribution in [0.15, 0.2) is 48.6 Å². The van der Waals surface area contributed by atoms with Crippen LogP contribution in [-0.4, -0.2) is 46.1 Å². The molecule has 0 bridgehead atoms. The molecule has 0 fully saturated rings. The molecule has 0 aliphatic heterocycles. The van der Waals surface area contributed by atoms with Crippen LogP contribution in [0.2, 0.25) is 0 Å². The van der Waals surface area contributed by atoms with Crippen molar-refractivity contribution in [2.45, 2.75) is 141 Å². The second-order valence-electron chi connectivity index (χ2n) is 9.93. The minimum absolute atomic E-state index is 0.377. The van der Waals surface area contributed by atoms with E-state index in [1.807, 2.05) is 6.08 Å². The van der Waals surface area contributed by atoms with Gasteiger partial charge in [-0.1, -0.05) is 107 Å². The number of carbonyl (C=O) groups excluding carboxylic acids is 1. The van der Waals surface area contributed by atoms with Gasteiger partial charge in [0, 0.05) is 0 Å². The van der Waals surface area contributed by atoms with Crippen LogP contribution in [0.1, 0.15) is 123 Å². The molecule has 3 unspecified atom stereocenters. The van der Waals surface area contributed by atoms with E-state index in [9.17, 15) is 20.1 Å². The van der Waals surface area contributed by atoms with E-state index in [1.165, 1.54) is 44.9 Å². The first-order valence-electron chi connectivity index (χ1n) is 15.0. The lowest BCUT2D eigenvalue weighted by Crippen LogP contribution is -2.48. The molecule has 3 atom stereocenters. The molecule has 1 amide bonds. The molecule has 5 nitrogen and oxygen atoms in total. The smallest absolute Gasteiger partial charge is 0.249 e. The van der Waals surface area contributed by atoms with Gasteiger partial charge in [-0.25, -0.2) is 0 Å². The van der Waals surface area contributed by atoms with Gasteiger partial charge >= 0.3 is 0 Å². The topological polar surface area (TPSA) is 89.8 Å². The van der Waals surface area contributed by atoms with Gasteiger partial charge in [-0.15, -0.1) is 0 Å². The van der Waals surface area contributed by atoms with Gasteiger partial charge in [-0.2, -0.15) is 0 Å². The molecule has 214 valence electrons. The largest absolute Gasteiger partial charge is 0.394 e. The number of nitrogens with one attached hydrogen (secondary N) is 1. The summed E-state index contributed by atoms with van der Waals surface area (Å²) in [6.45, 7) is 4.02. The third-order valence-electron chi connectivity index (χ3n) is 6.35. The Morgan fingerprint density at radius 3 is 1.76 bits per heavy atom. The van der Waals surface area contributed by atoms with E-state index in [1.54, 1.807) is 6.08 Å². The number of aliphatic hydroxyl groups excluding tert-OH is 3. The Morgan fingerprint density at radius 2 is 1.16 bits per heavy atom. The van der Waals surface area contributed by atoms with Crippen LogP contribution in [0.3, 0.4) is 0 Å². The molecule has 0 aliphatic rings. The average Bonchev–Trinajstić information content (AvgIpc) is 2.90. The number of aliphatic hydroxyl groups is 3. The van der Waals surface area contributed by atoms with Gasteiger partial charge < -0.3 is 20.6 Å². The van der Waals surface area contributed by atoms with Gasteiger partial charge in [0.2, 0.25) is 5.91 Å². The van der Waals surface area contributed by atoms with Gasteiger partial charge in [0.25, 0.3) is 0 Å². The van der Waals surface area contributed by atoms with E-state index in [2.05, 4.69) is 55.6 Å². The number of hydrogen-bond donors (Lipinski definition) is 4. The SMILES string of the molecule is CCC/C=C/CC/C=C/CC/C=C/C(O)C(CO)NC(=O)C(O)CCCC/C=C\CCCCCCCC. The predicted octanol–water partition coefficient (Wildman–Crippen LogP) is 7.08. The minimum Gasteiger partial charge on any atom is -0.394 e. The molecule has 0 saturated carbocycles. The summed E-state index contributed by atoms with van der Waals surface area (Å²) in [7, 11) is 0. The highest BCUT2D eigenvalue weighted by Gasteiger charge is 2.22. The summed E-state index contributed by atoms with van der Waals surface area (Å²) in [6.07, 6.45) is 32.6. The monoisotopic (exact) mass is 519 g/mol. The van der Waals surface area contributed by atoms with Crippen molar-refractivity contribution in [3.05, 3.63) is 48.6 Å². The lowest BCUT2D eigenvalue weighted by molar-refractivity contribution is -0.131. The van der Waals surface area contributed by atoms with Gasteiger partial charge in [0.15, 0.2) is 0 Å². The minimum atomic E-state index is -1.13. The zero-order valence-corrected chi connectivity index (χ0v) is 23.8. The Labute approximate surface area is 227 Å². The van der Waals surface area contributed by atoms with Crippen LogP contribution in [-0.2, 0) is 4.79 Å². The van der Waals surface area contributed by atoms with Crippen molar-refractivity contribution in [2.24, 2.45) is 0 Å². The molecule has 0 rings (SSSR count). The van der Waals surface area contributed by atoms with Crippen molar-refractivity contribution in [2.75, 3.05) is 6.61 Å². The van der Waals surface area contributed by atoms with Crippen LogP contribution in [0, 0.1) is 0 Å². The van der Waals surface area contributed by atoms with Crippen LogP contribution < -0.4 is 5.32 Å². The molecule has 0 aliphatic carbocycles. The molecular weight excluding hydrogens is 462 g/mol. The maximum Gasteiger partial charge on any atom is 0.249 e. The Balaban J connectivity index is 3.97. The second-order valence-corrected chi connectivity index (χ2v) is 9.93. The van der Waals surface area contributed by atoms with Crippen molar-refractivity contribution >= 4 is 5.91 Å². The molecule has 0 saturated heterocycles. The predicted molar refractivity (Wildman–Crippen MR) is 157 cm³/mol. The molecule has 4 N–H and O–H groups in total. The summed E-state index contributed by atoms with van der Waals surface area (Å²) in [5, 5.41) is 32.6. The highest BCUT2D eigenvalue weighted by atomic mass is 16.3. The van der Waals surface area contributed by atoms with Crippen molar-refractivity contribution in [1.29, 1.82) is 0 Å². The zero-order chi connectivity index (χ0) is 27.4. The summed E-state index contributed by atoms with van der Waals surface area (Å²) < 4.78 is 0. The average molecular weight is 520 g/mol. The fourth-order valence-electron chi connectivity index (χ4n) is 3.92. The van der Waals surface area contributed by atoms with Gasteiger partial charge in [-0.05, 0) is 64.2 Å². The molecular formula is C32H57NO4.